The maximum atomic E-state index is 6.18. The number of nitrogens with one attached hydrogen (secondary N) is 1. The lowest BCUT2D eigenvalue weighted by molar-refractivity contribution is 1.26. The molecule has 2 nitrogen and oxygen atoms in total. The van der Waals surface area contributed by atoms with Crippen molar-refractivity contribution in [1.82, 2.24) is 4.98 Å². The molecule has 1 aliphatic rings. The van der Waals surface area contributed by atoms with Crippen LogP contribution in [0.5, 0.6) is 0 Å². The van der Waals surface area contributed by atoms with E-state index in [1.54, 1.807) is 24.1 Å². The third-order valence-corrected chi connectivity index (χ3v) is 5.84. The van der Waals surface area contributed by atoms with Gasteiger partial charge in [0.2, 0.25) is 0 Å². The molecule has 1 aromatic heterocycles. The molecule has 0 saturated heterocycles. The van der Waals surface area contributed by atoms with Crippen molar-refractivity contribution in [2.24, 2.45) is 5.73 Å². The highest BCUT2D eigenvalue weighted by Gasteiger charge is 2.15. The molecule has 2 heterocycles. The Morgan fingerprint density at radius 2 is 1.87 bits per heavy atom. The minimum absolute atomic E-state index is 0.765. The van der Waals surface area contributed by atoms with Crippen molar-refractivity contribution in [1.29, 1.82) is 0 Å². The summed E-state index contributed by atoms with van der Waals surface area (Å²) in [6.07, 6.45) is 13.7. The number of fused-ring (bicyclic) bond motifs is 5. The average molecular weight is 431 g/mol. The van der Waals surface area contributed by atoms with Crippen molar-refractivity contribution in [3.05, 3.63) is 107 Å². The van der Waals surface area contributed by atoms with Crippen LogP contribution in [0.2, 0.25) is 0 Å². The first-order valence-electron chi connectivity index (χ1n) is 9.59. The number of benzene rings is 2. The Hall–Kier alpha value is -2.82. The predicted octanol–water partition coefficient (Wildman–Crippen LogP) is 7.40. The van der Waals surface area contributed by atoms with Crippen LogP contribution in [-0.4, -0.2) is 11.2 Å². The Kier molecular flexibility index (Phi) is 7.14. The van der Waals surface area contributed by atoms with Gasteiger partial charge in [-0.1, -0.05) is 79.6 Å². The molecule has 0 unspecified atom stereocenters. The van der Waals surface area contributed by atoms with Crippen molar-refractivity contribution >= 4 is 52.3 Å². The normalized spacial score (nSPS) is 17.3. The van der Waals surface area contributed by atoms with E-state index in [-0.39, 0.29) is 0 Å². The largest absolute Gasteiger partial charge is 0.402 e. The first kappa shape index (κ1) is 21.9. The third-order valence-electron chi connectivity index (χ3n) is 4.79. The van der Waals surface area contributed by atoms with Crippen LogP contribution in [0.15, 0.2) is 107 Å². The second kappa shape index (κ2) is 9.79. The third kappa shape index (κ3) is 4.35. The molecule has 30 heavy (non-hydrogen) atoms. The fourth-order valence-corrected chi connectivity index (χ4v) is 4.39. The highest BCUT2D eigenvalue weighted by molar-refractivity contribution is 8.03. The number of aromatic amines is 1. The van der Waals surface area contributed by atoms with E-state index < -0.39 is 0 Å². The number of para-hydroxylation sites is 1. The summed E-state index contributed by atoms with van der Waals surface area (Å²) in [5.41, 5.74) is 12.4. The van der Waals surface area contributed by atoms with Crippen LogP contribution in [0.1, 0.15) is 12.5 Å². The molecule has 2 aromatic carbocycles. The minimum Gasteiger partial charge on any atom is -0.402 e. The summed E-state index contributed by atoms with van der Waals surface area (Å²) in [6, 6.07) is 12.8. The van der Waals surface area contributed by atoms with Crippen molar-refractivity contribution in [3.63, 3.8) is 0 Å². The van der Waals surface area contributed by atoms with Gasteiger partial charge in [0.05, 0.1) is 5.52 Å². The Bertz CT molecular complexity index is 1230. The number of thiol groups is 1. The van der Waals surface area contributed by atoms with Gasteiger partial charge in [0.1, 0.15) is 0 Å². The number of hydrogen-bond acceptors (Lipinski definition) is 3. The van der Waals surface area contributed by atoms with Gasteiger partial charge in [0.25, 0.3) is 0 Å². The van der Waals surface area contributed by atoms with Crippen molar-refractivity contribution in [3.8, 4) is 0 Å². The maximum absolute atomic E-state index is 6.18. The number of rotatable bonds is 3. The Labute approximate surface area is 188 Å². The molecule has 4 rings (SSSR count). The van der Waals surface area contributed by atoms with E-state index in [0.29, 0.717) is 0 Å². The van der Waals surface area contributed by atoms with Gasteiger partial charge >= 0.3 is 0 Å². The van der Waals surface area contributed by atoms with Crippen LogP contribution >= 0.6 is 24.4 Å². The maximum Gasteiger partial charge on any atom is 0.0612 e. The zero-order valence-corrected chi connectivity index (χ0v) is 19.0. The lowest BCUT2D eigenvalue weighted by Crippen LogP contribution is -1.99. The number of thioether (sulfide) groups is 1. The van der Waals surface area contributed by atoms with Gasteiger partial charge in [-0.15, -0.1) is 0 Å². The summed E-state index contributed by atoms with van der Waals surface area (Å²) in [4.78, 5) is 5.77. The molecule has 3 N–H and O–H groups in total. The lowest BCUT2D eigenvalue weighted by Gasteiger charge is -2.14. The first-order chi connectivity index (χ1) is 14.6. The van der Waals surface area contributed by atoms with Gasteiger partial charge in [0, 0.05) is 37.4 Å². The van der Waals surface area contributed by atoms with E-state index in [2.05, 4.69) is 79.3 Å². The van der Waals surface area contributed by atoms with Crippen molar-refractivity contribution in [2.45, 2.75) is 11.8 Å². The molecule has 0 atom stereocenters. The first-order valence-corrected chi connectivity index (χ1v) is 11.3. The second-order valence-electron chi connectivity index (χ2n) is 6.77. The molecule has 1 aliphatic heterocycles. The highest BCUT2D eigenvalue weighted by atomic mass is 32.2. The van der Waals surface area contributed by atoms with E-state index in [1.807, 2.05) is 25.2 Å². The van der Waals surface area contributed by atoms with Crippen LogP contribution < -0.4 is 5.73 Å². The van der Waals surface area contributed by atoms with Crippen LogP contribution in [0.3, 0.4) is 0 Å². The van der Waals surface area contributed by atoms with Crippen LogP contribution in [0, 0.1) is 0 Å². The molecule has 0 bridgehead atoms. The quantitative estimate of drug-likeness (QED) is 0.299. The molecule has 0 aliphatic carbocycles. The fraction of sp³-hybridized carbons (Fsp3) is 0.0769. The molecular weight excluding hydrogens is 404 g/mol. The van der Waals surface area contributed by atoms with Gasteiger partial charge in [-0.2, -0.15) is 12.6 Å². The smallest absolute Gasteiger partial charge is 0.0612 e. The summed E-state index contributed by atoms with van der Waals surface area (Å²) in [5, 5.41) is 2.46. The SMILES string of the molecule is C=C\C=C/C(=C(\C)N)C1=C/c2ccc3c([nH]c4ccccc43)c2SC(=C)/C=C\1.CS. The van der Waals surface area contributed by atoms with Gasteiger partial charge in [-0.25, -0.2) is 0 Å². The minimum atomic E-state index is 0.765. The molecule has 4 heteroatoms. The number of H-pyrrole nitrogens is 1. The summed E-state index contributed by atoms with van der Waals surface area (Å²) in [5.74, 6) is 0. The van der Waals surface area contributed by atoms with E-state index >= 15 is 0 Å². The van der Waals surface area contributed by atoms with Crippen molar-refractivity contribution < 1.29 is 0 Å². The molecule has 0 radical (unpaired) electrons. The number of allylic oxidation sites excluding steroid dienone is 8. The number of hydrogen-bond donors (Lipinski definition) is 3. The zero-order chi connectivity index (χ0) is 21.7. The molecule has 0 amide bonds. The van der Waals surface area contributed by atoms with Gasteiger partial charge in [-0.3, -0.25) is 0 Å². The molecular formula is C26H26N2S2. The van der Waals surface area contributed by atoms with Gasteiger partial charge in [-0.05, 0) is 42.5 Å². The van der Waals surface area contributed by atoms with Crippen LogP contribution in [0.25, 0.3) is 27.9 Å². The second-order valence-corrected chi connectivity index (χ2v) is 7.91. The summed E-state index contributed by atoms with van der Waals surface area (Å²) in [6.45, 7) is 9.91. The summed E-state index contributed by atoms with van der Waals surface area (Å²) >= 11 is 5.22. The van der Waals surface area contributed by atoms with Crippen molar-refractivity contribution in [2.75, 3.05) is 6.26 Å². The average Bonchev–Trinajstić information content (AvgIpc) is 3.12. The van der Waals surface area contributed by atoms with E-state index in [0.717, 1.165) is 38.3 Å². The molecule has 152 valence electrons. The van der Waals surface area contributed by atoms with Crippen LogP contribution in [-0.2, 0) is 0 Å². The van der Waals surface area contributed by atoms with E-state index in [4.69, 9.17) is 5.73 Å². The summed E-state index contributed by atoms with van der Waals surface area (Å²) in [7, 11) is 0. The van der Waals surface area contributed by atoms with Gasteiger partial charge in [0.15, 0.2) is 0 Å². The van der Waals surface area contributed by atoms with Crippen LogP contribution in [0.4, 0.5) is 0 Å². The van der Waals surface area contributed by atoms with Gasteiger partial charge < -0.3 is 10.7 Å². The molecule has 0 saturated carbocycles. The fourth-order valence-electron chi connectivity index (χ4n) is 3.48. The van der Waals surface area contributed by atoms with E-state index in [9.17, 15) is 0 Å². The van der Waals surface area contributed by atoms with E-state index in [1.165, 1.54) is 15.7 Å². The number of aromatic nitrogens is 1. The Morgan fingerprint density at radius 3 is 2.60 bits per heavy atom. The zero-order valence-electron chi connectivity index (χ0n) is 17.3. The molecule has 3 aromatic rings. The number of nitrogens with two attached hydrogens (primary N) is 1. The highest BCUT2D eigenvalue weighted by Crippen LogP contribution is 2.41. The Balaban J connectivity index is 0.00000124. The molecule has 0 spiro atoms. The predicted molar refractivity (Wildman–Crippen MR) is 139 cm³/mol. The topological polar surface area (TPSA) is 41.8 Å². The standard InChI is InChI=1S/C25H22N2S.CH4S/c1-4-5-8-20(17(3)26)18-12-11-16(2)28-25-19(15-18)13-14-22-21-9-6-7-10-23(21)27-24(22)25;1-2/h4-15,27H,1-2,26H2,3H3;2H,1H3/b8-5-,12-11-,18-15+,20-17-;. The lowest BCUT2D eigenvalue weighted by atomic mass is 9.99. The summed E-state index contributed by atoms with van der Waals surface area (Å²) < 4.78 is 0. The monoisotopic (exact) mass is 430 g/mol. The Morgan fingerprint density at radius 1 is 1.10 bits per heavy atom. The molecule has 0 fully saturated rings.